The smallest absolute Gasteiger partial charge is 0.0557 e. The molecule has 5 aliphatic rings. The van der Waals surface area contributed by atoms with Gasteiger partial charge in [-0.1, -0.05) is 98.9 Å². The Morgan fingerprint density at radius 2 is 1.62 bits per heavy atom. The number of para-hydroxylation sites is 1. The van der Waals surface area contributed by atoms with Gasteiger partial charge in [-0.2, -0.15) is 0 Å². The number of allylic oxidation sites excluding steroid dienone is 12. The van der Waals surface area contributed by atoms with Crippen LogP contribution in [0.3, 0.4) is 0 Å². The van der Waals surface area contributed by atoms with E-state index in [0.717, 1.165) is 12.8 Å². The third-order valence-corrected chi connectivity index (χ3v) is 11.0. The SMILES string of the molecule is CC1(C)C2=C(CC3C=CC=CC3=C2)N(c2ccccc2)c2ccc(-c3ccc4c(c3)c3c(n4C4C=CC=CC4)CCCC3)cc21. The number of hydrogen-bond acceptors (Lipinski definition) is 1. The Bertz CT molecular complexity index is 2040. The van der Waals surface area contributed by atoms with Crippen LogP contribution < -0.4 is 4.90 Å². The van der Waals surface area contributed by atoms with Gasteiger partial charge in [-0.3, -0.25) is 0 Å². The lowest BCUT2D eigenvalue weighted by Gasteiger charge is -2.46. The fourth-order valence-corrected chi connectivity index (χ4v) is 8.73. The Balaban J connectivity index is 1.20. The zero-order valence-electron chi connectivity index (χ0n) is 26.3. The normalized spacial score (nSPS) is 22.6. The van der Waals surface area contributed by atoms with E-state index in [1.54, 1.807) is 11.3 Å². The summed E-state index contributed by atoms with van der Waals surface area (Å²) < 4.78 is 2.66. The van der Waals surface area contributed by atoms with Gasteiger partial charge < -0.3 is 9.47 Å². The Kier molecular flexibility index (Phi) is 6.10. The van der Waals surface area contributed by atoms with Crippen molar-refractivity contribution in [3.8, 4) is 11.1 Å². The van der Waals surface area contributed by atoms with Crippen LogP contribution in [0.15, 0.2) is 138 Å². The molecule has 0 radical (unpaired) electrons. The van der Waals surface area contributed by atoms with Gasteiger partial charge in [0.15, 0.2) is 0 Å². The molecule has 45 heavy (non-hydrogen) atoms. The van der Waals surface area contributed by atoms with E-state index in [4.69, 9.17) is 0 Å². The first-order valence-corrected chi connectivity index (χ1v) is 16.9. The summed E-state index contributed by atoms with van der Waals surface area (Å²) in [5.74, 6) is 0.432. The van der Waals surface area contributed by atoms with Gasteiger partial charge in [-0.25, -0.2) is 0 Å². The van der Waals surface area contributed by atoms with Crippen molar-refractivity contribution in [2.75, 3.05) is 4.90 Å². The minimum absolute atomic E-state index is 0.119. The molecule has 0 spiro atoms. The van der Waals surface area contributed by atoms with E-state index in [-0.39, 0.29) is 5.41 Å². The summed E-state index contributed by atoms with van der Waals surface area (Å²) in [6.45, 7) is 4.86. The van der Waals surface area contributed by atoms with Gasteiger partial charge in [0.25, 0.3) is 0 Å². The number of rotatable bonds is 3. The van der Waals surface area contributed by atoms with Gasteiger partial charge >= 0.3 is 0 Å². The summed E-state index contributed by atoms with van der Waals surface area (Å²) in [4.78, 5) is 2.55. The van der Waals surface area contributed by atoms with Gasteiger partial charge in [0.2, 0.25) is 0 Å². The predicted molar refractivity (Wildman–Crippen MR) is 189 cm³/mol. The molecule has 9 rings (SSSR count). The van der Waals surface area contributed by atoms with E-state index >= 15 is 0 Å². The average Bonchev–Trinajstić information content (AvgIpc) is 3.42. The molecule has 0 saturated heterocycles. The standard InChI is InChI=1S/C43H40N2/c1-43(2)37-27-32(31-21-23-40-36(25-31)35-19-11-12-20-39(35)44(40)33-15-5-3-6-16-33)22-24-41(37)45(34-17-7-4-8-18-34)42-28-30-14-10-9-13-29(30)26-38(42)43/h3-10,13-15,17-18,21-27,30,33H,11-12,16,19-20,28H2,1-2H3. The Morgan fingerprint density at radius 1 is 0.800 bits per heavy atom. The molecular weight excluding hydrogens is 544 g/mol. The highest BCUT2D eigenvalue weighted by molar-refractivity contribution is 5.91. The van der Waals surface area contributed by atoms with Crippen molar-refractivity contribution < 1.29 is 0 Å². The monoisotopic (exact) mass is 584 g/mol. The van der Waals surface area contributed by atoms with Crippen molar-refractivity contribution in [3.05, 3.63) is 155 Å². The van der Waals surface area contributed by atoms with Crippen LogP contribution in [0.2, 0.25) is 0 Å². The van der Waals surface area contributed by atoms with Gasteiger partial charge in [0.1, 0.15) is 0 Å². The molecule has 4 aliphatic carbocycles. The number of anilines is 2. The van der Waals surface area contributed by atoms with Crippen molar-refractivity contribution in [2.24, 2.45) is 5.92 Å². The first kappa shape index (κ1) is 26.8. The third kappa shape index (κ3) is 4.15. The minimum atomic E-state index is -0.119. The average molecular weight is 585 g/mol. The molecule has 222 valence electrons. The highest BCUT2D eigenvalue weighted by Crippen LogP contribution is 2.53. The van der Waals surface area contributed by atoms with Crippen LogP contribution in [0.25, 0.3) is 22.0 Å². The van der Waals surface area contributed by atoms with Crippen LogP contribution in [0.4, 0.5) is 11.4 Å². The molecule has 0 amide bonds. The van der Waals surface area contributed by atoms with Gasteiger partial charge in [-0.05, 0) is 108 Å². The number of aryl methyl sites for hydroxylation is 1. The van der Waals surface area contributed by atoms with E-state index in [2.05, 4.69) is 145 Å². The summed E-state index contributed by atoms with van der Waals surface area (Å²) in [6, 6.07) is 25.9. The molecule has 0 fully saturated rings. The van der Waals surface area contributed by atoms with Crippen molar-refractivity contribution >= 4 is 22.3 Å². The van der Waals surface area contributed by atoms with E-state index < -0.39 is 0 Å². The number of nitrogens with zero attached hydrogens (tertiary/aromatic N) is 2. The zero-order valence-corrected chi connectivity index (χ0v) is 26.3. The first-order valence-electron chi connectivity index (χ1n) is 16.9. The molecule has 3 aromatic carbocycles. The van der Waals surface area contributed by atoms with Crippen LogP contribution in [0, 0.1) is 5.92 Å². The van der Waals surface area contributed by atoms with Crippen LogP contribution >= 0.6 is 0 Å². The number of benzene rings is 3. The molecule has 2 nitrogen and oxygen atoms in total. The summed E-state index contributed by atoms with van der Waals surface area (Å²) in [5.41, 5.74) is 15.3. The highest BCUT2D eigenvalue weighted by atomic mass is 15.2. The maximum absolute atomic E-state index is 2.66. The topological polar surface area (TPSA) is 8.17 Å². The lowest BCUT2D eigenvalue weighted by molar-refractivity contribution is 0.566. The number of aromatic nitrogens is 1. The second kappa shape index (κ2) is 10.2. The molecule has 0 N–H and O–H groups in total. The highest BCUT2D eigenvalue weighted by Gasteiger charge is 2.41. The van der Waals surface area contributed by atoms with Crippen molar-refractivity contribution in [3.63, 3.8) is 0 Å². The van der Waals surface area contributed by atoms with Crippen molar-refractivity contribution in [1.29, 1.82) is 0 Å². The Labute approximate surface area is 267 Å². The zero-order chi connectivity index (χ0) is 30.1. The summed E-state index contributed by atoms with van der Waals surface area (Å²) in [7, 11) is 0. The number of hydrogen-bond donors (Lipinski definition) is 0. The van der Waals surface area contributed by atoms with Crippen LogP contribution in [-0.4, -0.2) is 4.57 Å². The molecular formula is C43H40N2. The molecule has 2 heterocycles. The van der Waals surface area contributed by atoms with Crippen molar-refractivity contribution in [2.45, 2.75) is 63.8 Å². The largest absolute Gasteiger partial charge is 0.337 e. The maximum Gasteiger partial charge on any atom is 0.0557 e. The maximum atomic E-state index is 2.66. The lowest BCUT2D eigenvalue weighted by Crippen LogP contribution is -2.36. The molecule has 2 heteroatoms. The summed E-state index contributed by atoms with van der Waals surface area (Å²) in [6.07, 6.45) is 27.7. The van der Waals surface area contributed by atoms with E-state index in [0.29, 0.717) is 12.0 Å². The molecule has 0 bridgehead atoms. The molecule has 1 aliphatic heterocycles. The molecule has 1 aromatic heterocycles. The Hall–Kier alpha value is -4.56. The molecule has 2 atom stereocenters. The summed E-state index contributed by atoms with van der Waals surface area (Å²) >= 11 is 0. The van der Waals surface area contributed by atoms with Crippen LogP contribution in [0.5, 0.6) is 0 Å². The quantitative estimate of drug-likeness (QED) is 0.233. The molecule has 0 saturated carbocycles. The van der Waals surface area contributed by atoms with E-state index in [9.17, 15) is 0 Å². The van der Waals surface area contributed by atoms with E-state index in [1.165, 1.54) is 81.5 Å². The van der Waals surface area contributed by atoms with Crippen LogP contribution in [-0.2, 0) is 18.3 Å². The second-order valence-corrected chi connectivity index (χ2v) is 13.9. The summed E-state index contributed by atoms with van der Waals surface area (Å²) in [5, 5.41) is 1.46. The second-order valence-electron chi connectivity index (χ2n) is 13.9. The third-order valence-electron chi connectivity index (χ3n) is 11.0. The van der Waals surface area contributed by atoms with E-state index in [1.807, 2.05) is 0 Å². The first-order chi connectivity index (χ1) is 22.1. The number of fused-ring (bicyclic) bond motifs is 5. The van der Waals surface area contributed by atoms with Crippen molar-refractivity contribution in [1.82, 2.24) is 4.57 Å². The predicted octanol–water partition coefficient (Wildman–Crippen LogP) is 11.0. The minimum Gasteiger partial charge on any atom is -0.337 e. The molecule has 4 aromatic rings. The lowest BCUT2D eigenvalue weighted by atomic mass is 9.68. The van der Waals surface area contributed by atoms with Gasteiger partial charge in [0.05, 0.1) is 6.04 Å². The molecule has 2 unspecified atom stereocenters. The van der Waals surface area contributed by atoms with Gasteiger partial charge in [0, 0.05) is 45.0 Å². The van der Waals surface area contributed by atoms with Crippen LogP contribution in [0.1, 0.15) is 62.4 Å². The van der Waals surface area contributed by atoms with Gasteiger partial charge in [-0.15, -0.1) is 0 Å². The Morgan fingerprint density at radius 3 is 2.49 bits per heavy atom. The fraction of sp³-hybridized carbons (Fsp3) is 0.256. The fourth-order valence-electron chi connectivity index (χ4n) is 8.73.